The maximum absolute atomic E-state index is 13.0. The Bertz CT molecular complexity index is 1020. The third-order valence-corrected chi connectivity index (χ3v) is 6.60. The van der Waals surface area contributed by atoms with Crippen LogP contribution in [0.3, 0.4) is 0 Å². The molecule has 3 rings (SSSR count). The van der Waals surface area contributed by atoms with Crippen LogP contribution in [0.15, 0.2) is 59.6 Å². The number of rotatable bonds is 9. The predicted molar refractivity (Wildman–Crippen MR) is 142 cm³/mol. The fraction of sp³-hybridized carbons (Fsp3) is 0.464. The predicted octanol–water partition coefficient (Wildman–Crippen LogP) is 4.41. The van der Waals surface area contributed by atoms with Gasteiger partial charge in [-0.2, -0.15) is 0 Å². The van der Waals surface area contributed by atoms with Crippen LogP contribution in [-0.4, -0.2) is 50.8 Å². The van der Waals surface area contributed by atoms with E-state index in [0.29, 0.717) is 37.0 Å². The molecule has 0 aromatic heterocycles. The van der Waals surface area contributed by atoms with Crippen molar-refractivity contribution in [3.05, 3.63) is 65.7 Å². The second-order valence-electron chi connectivity index (χ2n) is 9.02. The van der Waals surface area contributed by atoms with Gasteiger partial charge >= 0.3 is 6.09 Å². The van der Waals surface area contributed by atoms with Crippen molar-refractivity contribution in [2.75, 3.05) is 26.8 Å². The number of hydrogen-bond donors (Lipinski definition) is 3. The quantitative estimate of drug-likeness (QED) is 0.354. The lowest BCUT2D eigenvalue weighted by Gasteiger charge is -2.41. The third kappa shape index (κ3) is 7.23. The highest BCUT2D eigenvalue weighted by molar-refractivity contribution is 5.97. The fourth-order valence-corrected chi connectivity index (χ4v) is 4.65. The number of guanidine groups is 1. The minimum Gasteiger partial charge on any atom is -0.496 e. The van der Waals surface area contributed by atoms with Gasteiger partial charge in [0.1, 0.15) is 5.75 Å². The first-order chi connectivity index (χ1) is 17.5. The van der Waals surface area contributed by atoms with Crippen molar-refractivity contribution in [2.45, 2.75) is 57.4 Å². The van der Waals surface area contributed by atoms with Crippen LogP contribution in [0, 0.1) is 0 Å². The second kappa shape index (κ2) is 13.5. The average Bonchev–Trinajstić information content (AvgIpc) is 2.92. The van der Waals surface area contributed by atoms with Gasteiger partial charge in [-0.05, 0) is 56.7 Å². The Morgan fingerprint density at radius 1 is 1.03 bits per heavy atom. The molecule has 0 bridgehead atoms. The molecule has 1 fully saturated rings. The standard InChI is InChI=1S/C28H38N4O4/c1-4-19-29-26(32-27(34)36-5-2)31-22-15-17-28(18-16-22,21-11-7-6-8-12-21)20-30-25(33)23-13-9-10-14-24(23)35-3/h6-14,22H,4-5,15-20H2,1-3H3,(H,30,33)(H2,29,31,32,34). The highest BCUT2D eigenvalue weighted by Crippen LogP contribution is 2.39. The van der Waals surface area contributed by atoms with E-state index in [4.69, 9.17) is 9.47 Å². The van der Waals surface area contributed by atoms with Crippen LogP contribution in [-0.2, 0) is 10.2 Å². The Morgan fingerprint density at radius 2 is 1.72 bits per heavy atom. The van der Waals surface area contributed by atoms with Crippen LogP contribution in [0.1, 0.15) is 61.9 Å². The summed E-state index contributed by atoms with van der Waals surface area (Å²) in [6.45, 7) is 5.26. The summed E-state index contributed by atoms with van der Waals surface area (Å²) >= 11 is 0. The van der Waals surface area contributed by atoms with E-state index in [1.807, 2.05) is 37.3 Å². The number of nitrogens with one attached hydrogen (secondary N) is 3. The van der Waals surface area contributed by atoms with E-state index in [-0.39, 0.29) is 17.4 Å². The number of benzene rings is 2. The van der Waals surface area contributed by atoms with Crippen molar-refractivity contribution in [1.82, 2.24) is 16.0 Å². The lowest BCUT2D eigenvalue weighted by Crippen LogP contribution is -2.50. The Balaban J connectivity index is 1.70. The normalized spacial score (nSPS) is 19.8. The summed E-state index contributed by atoms with van der Waals surface area (Å²) in [5, 5.41) is 9.31. The summed E-state index contributed by atoms with van der Waals surface area (Å²) in [4.78, 5) is 29.5. The van der Waals surface area contributed by atoms with Gasteiger partial charge in [-0.15, -0.1) is 0 Å². The summed E-state index contributed by atoms with van der Waals surface area (Å²) in [7, 11) is 1.57. The molecule has 0 spiro atoms. The van der Waals surface area contributed by atoms with Crippen LogP contribution in [0.25, 0.3) is 0 Å². The molecule has 2 aromatic carbocycles. The topological polar surface area (TPSA) is 101 Å². The summed E-state index contributed by atoms with van der Waals surface area (Å²) in [6, 6.07) is 17.8. The number of alkyl carbamates (subject to hydrolysis) is 1. The first kappa shape index (κ1) is 27.0. The van der Waals surface area contributed by atoms with Crippen molar-refractivity contribution in [3.63, 3.8) is 0 Å². The molecule has 1 saturated carbocycles. The van der Waals surface area contributed by atoms with Gasteiger partial charge in [0.15, 0.2) is 0 Å². The zero-order valence-electron chi connectivity index (χ0n) is 21.5. The molecule has 8 nitrogen and oxygen atoms in total. The van der Waals surface area contributed by atoms with Crippen molar-refractivity contribution in [1.29, 1.82) is 0 Å². The van der Waals surface area contributed by atoms with Crippen LogP contribution in [0.5, 0.6) is 5.75 Å². The van der Waals surface area contributed by atoms with Crippen molar-refractivity contribution in [3.8, 4) is 5.75 Å². The van der Waals surface area contributed by atoms with Gasteiger partial charge in [-0.25, -0.2) is 4.79 Å². The first-order valence-electron chi connectivity index (χ1n) is 12.7. The van der Waals surface area contributed by atoms with Crippen molar-refractivity contribution in [2.24, 2.45) is 4.99 Å². The summed E-state index contributed by atoms with van der Waals surface area (Å²) in [5.74, 6) is 0.872. The minimum absolute atomic E-state index is 0.143. The van der Waals surface area contributed by atoms with Gasteiger partial charge < -0.3 is 20.1 Å². The number of ether oxygens (including phenoxy) is 2. The Morgan fingerprint density at radius 3 is 2.39 bits per heavy atom. The molecule has 3 N–H and O–H groups in total. The van der Waals surface area contributed by atoms with Gasteiger partial charge in [-0.1, -0.05) is 49.4 Å². The molecular formula is C28H38N4O4. The number of carbonyl (C=O) groups is 2. The molecule has 0 aliphatic heterocycles. The van der Waals surface area contributed by atoms with E-state index in [1.54, 1.807) is 26.2 Å². The van der Waals surface area contributed by atoms with Crippen LogP contribution >= 0.6 is 0 Å². The number of nitrogens with zero attached hydrogens (tertiary/aromatic N) is 1. The molecule has 0 heterocycles. The number of para-hydroxylation sites is 1. The molecule has 1 aliphatic carbocycles. The second-order valence-corrected chi connectivity index (χ2v) is 9.02. The van der Waals surface area contributed by atoms with Gasteiger partial charge in [-0.3, -0.25) is 15.1 Å². The molecular weight excluding hydrogens is 456 g/mol. The maximum Gasteiger partial charge on any atom is 0.413 e. The van der Waals surface area contributed by atoms with Crippen molar-refractivity contribution < 1.29 is 19.1 Å². The highest BCUT2D eigenvalue weighted by Gasteiger charge is 2.37. The van der Waals surface area contributed by atoms with Crippen LogP contribution in [0.4, 0.5) is 4.79 Å². The number of carbonyl (C=O) groups excluding carboxylic acids is 2. The van der Waals surface area contributed by atoms with Crippen molar-refractivity contribution >= 4 is 18.0 Å². The van der Waals surface area contributed by atoms with E-state index in [2.05, 4.69) is 33.1 Å². The van der Waals surface area contributed by atoms with Gasteiger partial charge in [0.2, 0.25) is 5.96 Å². The Labute approximate surface area is 213 Å². The maximum atomic E-state index is 13.0. The molecule has 2 aromatic rings. The largest absolute Gasteiger partial charge is 0.496 e. The Kier molecular flexibility index (Phi) is 10.2. The van der Waals surface area contributed by atoms with Gasteiger partial charge in [0.05, 0.1) is 19.3 Å². The molecule has 194 valence electrons. The molecule has 0 atom stereocenters. The summed E-state index contributed by atoms with van der Waals surface area (Å²) in [6.07, 6.45) is 3.87. The first-order valence-corrected chi connectivity index (χ1v) is 12.7. The molecule has 0 unspecified atom stereocenters. The van der Waals surface area contributed by atoms with E-state index < -0.39 is 6.09 Å². The number of methoxy groups -OCH3 is 1. The number of aliphatic imine (C=N–C) groups is 1. The average molecular weight is 495 g/mol. The van der Waals surface area contributed by atoms with Crippen LogP contribution < -0.4 is 20.7 Å². The van der Waals surface area contributed by atoms with E-state index >= 15 is 0 Å². The zero-order chi connectivity index (χ0) is 25.8. The van der Waals surface area contributed by atoms with Gasteiger partial charge in [0.25, 0.3) is 5.91 Å². The molecule has 2 amide bonds. The smallest absolute Gasteiger partial charge is 0.413 e. The zero-order valence-corrected chi connectivity index (χ0v) is 21.5. The molecule has 1 aliphatic rings. The molecule has 0 saturated heterocycles. The highest BCUT2D eigenvalue weighted by atomic mass is 16.5. The SMILES string of the molecule is CCCN=C(NC(=O)OCC)NC1CCC(CNC(=O)c2ccccc2OC)(c2ccccc2)CC1. The lowest BCUT2D eigenvalue weighted by molar-refractivity contribution is 0.0932. The Hall–Kier alpha value is -3.55. The third-order valence-electron chi connectivity index (χ3n) is 6.60. The number of amides is 2. The van der Waals surface area contributed by atoms with E-state index in [1.165, 1.54) is 5.56 Å². The van der Waals surface area contributed by atoms with E-state index in [9.17, 15) is 9.59 Å². The molecule has 8 heteroatoms. The van der Waals surface area contributed by atoms with E-state index in [0.717, 1.165) is 32.1 Å². The van der Waals surface area contributed by atoms with Crippen LogP contribution in [0.2, 0.25) is 0 Å². The summed E-state index contributed by atoms with van der Waals surface area (Å²) < 4.78 is 10.4. The fourth-order valence-electron chi connectivity index (χ4n) is 4.65. The van der Waals surface area contributed by atoms with Gasteiger partial charge in [0, 0.05) is 24.5 Å². The minimum atomic E-state index is -0.506. The monoisotopic (exact) mass is 494 g/mol. The molecule has 0 radical (unpaired) electrons. The molecule has 36 heavy (non-hydrogen) atoms. The lowest BCUT2D eigenvalue weighted by atomic mass is 9.68. The summed E-state index contributed by atoms with van der Waals surface area (Å²) in [5.41, 5.74) is 1.56. The number of hydrogen-bond acceptors (Lipinski definition) is 5.